The van der Waals surface area contributed by atoms with Gasteiger partial charge in [-0.3, -0.25) is 4.90 Å². The summed E-state index contributed by atoms with van der Waals surface area (Å²) in [6.45, 7) is 1.97. The molecule has 0 aromatic heterocycles. The maximum Gasteiger partial charge on any atom is 0.262 e. The molecule has 66 valence electrons. The summed E-state index contributed by atoms with van der Waals surface area (Å²) in [4.78, 5) is 1.77. The Hall–Kier alpha value is -0.180. The Bertz CT molecular complexity index is 136. The fraction of sp³-hybridized carbons (Fsp3) is 1.00. The van der Waals surface area contributed by atoms with Gasteiger partial charge in [0.25, 0.3) is 5.92 Å². The number of hydrogen-bond donors (Lipinski definition) is 0. The first kappa shape index (κ1) is 8.91. The zero-order valence-electron chi connectivity index (χ0n) is 7.11. The predicted octanol–water partition coefficient (Wildman–Crippen LogP) is 2.13. The van der Waals surface area contributed by atoms with Gasteiger partial charge in [0.15, 0.2) is 0 Å². The molecule has 0 radical (unpaired) electrons. The topological polar surface area (TPSA) is 3.24 Å². The largest absolute Gasteiger partial charge is 0.297 e. The molecule has 0 aliphatic carbocycles. The van der Waals surface area contributed by atoms with Gasteiger partial charge < -0.3 is 0 Å². The Morgan fingerprint density at radius 2 is 2.18 bits per heavy atom. The molecule has 1 aliphatic heterocycles. The van der Waals surface area contributed by atoms with Crippen LogP contribution in [-0.4, -0.2) is 30.5 Å². The second kappa shape index (κ2) is 3.05. The van der Waals surface area contributed by atoms with Gasteiger partial charge in [-0.05, 0) is 13.5 Å². The Morgan fingerprint density at radius 1 is 1.55 bits per heavy atom. The molecule has 3 heteroatoms. The average molecular weight is 163 g/mol. The van der Waals surface area contributed by atoms with Crippen LogP contribution in [0.15, 0.2) is 0 Å². The van der Waals surface area contributed by atoms with Crippen LogP contribution in [0, 0.1) is 0 Å². The molecule has 0 N–H and O–H groups in total. The van der Waals surface area contributed by atoms with Crippen LogP contribution in [0.3, 0.4) is 0 Å². The number of alkyl halides is 2. The Labute approximate surface area is 66.4 Å². The lowest BCUT2D eigenvalue weighted by Crippen LogP contribution is -2.25. The molecule has 1 aliphatic rings. The summed E-state index contributed by atoms with van der Waals surface area (Å²) in [5, 5.41) is 0. The number of rotatable bonds is 2. The molecule has 1 saturated heterocycles. The lowest BCUT2D eigenvalue weighted by atomic mass is 10.1. The van der Waals surface area contributed by atoms with Crippen molar-refractivity contribution in [2.75, 3.05) is 13.6 Å². The van der Waals surface area contributed by atoms with Crippen LogP contribution >= 0.6 is 0 Å². The van der Waals surface area contributed by atoms with Crippen molar-refractivity contribution >= 4 is 0 Å². The van der Waals surface area contributed by atoms with E-state index in [0.717, 1.165) is 12.8 Å². The summed E-state index contributed by atoms with van der Waals surface area (Å²) < 4.78 is 25.5. The van der Waals surface area contributed by atoms with Crippen molar-refractivity contribution in [3.63, 3.8) is 0 Å². The fourth-order valence-corrected chi connectivity index (χ4v) is 1.71. The molecule has 0 saturated carbocycles. The van der Waals surface area contributed by atoms with E-state index >= 15 is 0 Å². The number of halogens is 2. The number of hydrogen-bond acceptors (Lipinski definition) is 1. The first-order valence-electron chi connectivity index (χ1n) is 4.13. The van der Waals surface area contributed by atoms with Crippen molar-refractivity contribution < 1.29 is 8.78 Å². The standard InChI is InChI=1S/C8H15F2N/c1-3-4-7-5-8(9,10)6-11(7)2/h7H,3-6H2,1-2H3/t7-/m1/s1. The van der Waals surface area contributed by atoms with E-state index in [-0.39, 0.29) is 19.0 Å². The molecular weight excluding hydrogens is 148 g/mol. The molecule has 1 atom stereocenters. The van der Waals surface area contributed by atoms with Gasteiger partial charge in [0.1, 0.15) is 0 Å². The number of nitrogens with zero attached hydrogens (tertiary/aromatic N) is 1. The lowest BCUT2D eigenvalue weighted by Gasteiger charge is -2.16. The second-order valence-corrected chi connectivity index (χ2v) is 3.42. The maximum absolute atomic E-state index is 12.7. The monoisotopic (exact) mass is 163 g/mol. The van der Waals surface area contributed by atoms with E-state index in [1.54, 1.807) is 11.9 Å². The SMILES string of the molecule is CCC[C@@H]1CC(F)(F)CN1C. The molecule has 0 aromatic carbocycles. The molecule has 0 aromatic rings. The van der Waals surface area contributed by atoms with Crippen molar-refractivity contribution in [2.24, 2.45) is 0 Å². The van der Waals surface area contributed by atoms with Gasteiger partial charge in [-0.2, -0.15) is 0 Å². The third-order valence-electron chi connectivity index (χ3n) is 2.26. The third kappa shape index (κ3) is 2.12. The predicted molar refractivity (Wildman–Crippen MR) is 40.9 cm³/mol. The maximum atomic E-state index is 12.7. The van der Waals surface area contributed by atoms with Crippen molar-refractivity contribution in [1.29, 1.82) is 0 Å². The minimum Gasteiger partial charge on any atom is -0.297 e. The highest BCUT2D eigenvalue weighted by atomic mass is 19.3. The highest BCUT2D eigenvalue weighted by molar-refractivity contribution is 4.87. The van der Waals surface area contributed by atoms with Crippen LogP contribution in [0.5, 0.6) is 0 Å². The van der Waals surface area contributed by atoms with Gasteiger partial charge in [0, 0.05) is 12.5 Å². The summed E-state index contributed by atoms with van der Waals surface area (Å²) in [5.74, 6) is -2.44. The molecule has 11 heavy (non-hydrogen) atoms. The molecule has 1 rings (SSSR count). The molecule has 1 heterocycles. The lowest BCUT2D eigenvalue weighted by molar-refractivity contribution is 0.0140. The van der Waals surface area contributed by atoms with E-state index in [0.29, 0.717) is 0 Å². The minimum absolute atomic E-state index is 0.0529. The summed E-state index contributed by atoms with van der Waals surface area (Å²) >= 11 is 0. The number of likely N-dealkylation sites (tertiary alicyclic amines) is 1. The molecular formula is C8H15F2N. The van der Waals surface area contributed by atoms with Crippen molar-refractivity contribution in [3.8, 4) is 0 Å². The van der Waals surface area contributed by atoms with Gasteiger partial charge in [-0.25, -0.2) is 8.78 Å². The molecule has 0 amide bonds. The van der Waals surface area contributed by atoms with Gasteiger partial charge in [0.05, 0.1) is 6.54 Å². The fourth-order valence-electron chi connectivity index (χ4n) is 1.71. The van der Waals surface area contributed by atoms with E-state index in [4.69, 9.17) is 0 Å². The Balaban J connectivity index is 2.45. The zero-order chi connectivity index (χ0) is 8.48. The summed E-state index contributed by atoms with van der Waals surface area (Å²) in [6.07, 6.45) is 1.94. The quantitative estimate of drug-likeness (QED) is 0.602. The molecule has 1 fully saturated rings. The van der Waals surface area contributed by atoms with Crippen molar-refractivity contribution in [3.05, 3.63) is 0 Å². The first-order valence-corrected chi connectivity index (χ1v) is 4.13. The summed E-state index contributed by atoms with van der Waals surface area (Å²) in [6, 6.07) is 0.106. The van der Waals surface area contributed by atoms with Crippen LogP contribution in [0.2, 0.25) is 0 Å². The van der Waals surface area contributed by atoms with E-state index in [1.165, 1.54) is 0 Å². The Kier molecular flexibility index (Phi) is 2.47. The van der Waals surface area contributed by atoms with Gasteiger partial charge in [0.2, 0.25) is 0 Å². The normalized spacial score (nSPS) is 31.1. The third-order valence-corrected chi connectivity index (χ3v) is 2.26. The molecule has 0 unspecified atom stereocenters. The van der Waals surface area contributed by atoms with Gasteiger partial charge >= 0.3 is 0 Å². The van der Waals surface area contributed by atoms with Crippen LogP contribution in [0.1, 0.15) is 26.2 Å². The summed E-state index contributed by atoms with van der Waals surface area (Å²) in [5.41, 5.74) is 0. The van der Waals surface area contributed by atoms with Crippen LogP contribution in [0.4, 0.5) is 8.78 Å². The van der Waals surface area contributed by atoms with E-state index in [2.05, 4.69) is 0 Å². The summed E-state index contributed by atoms with van der Waals surface area (Å²) in [7, 11) is 1.78. The second-order valence-electron chi connectivity index (χ2n) is 3.42. The minimum atomic E-state index is -2.44. The van der Waals surface area contributed by atoms with Gasteiger partial charge in [-0.1, -0.05) is 13.3 Å². The van der Waals surface area contributed by atoms with Crippen molar-refractivity contribution in [2.45, 2.75) is 38.2 Å². The van der Waals surface area contributed by atoms with E-state index in [1.807, 2.05) is 6.92 Å². The molecule has 0 bridgehead atoms. The highest BCUT2D eigenvalue weighted by Crippen LogP contribution is 2.32. The zero-order valence-corrected chi connectivity index (χ0v) is 7.11. The van der Waals surface area contributed by atoms with Crippen LogP contribution in [-0.2, 0) is 0 Å². The van der Waals surface area contributed by atoms with Crippen molar-refractivity contribution in [1.82, 2.24) is 4.90 Å². The smallest absolute Gasteiger partial charge is 0.262 e. The average Bonchev–Trinajstić information content (AvgIpc) is 2.07. The van der Waals surface area contributed by atoms with E-state index < -0.39 is 5.92 Å². The Morgan fingerprint density at radius 3 is 2.55 bits per heavy atom. The van der Waals surface area contributed by atoms with Crippen LogP contribution in [0.25, 0.3) is 0 Å². The molecule has 1 nitrogen and oxygen atoms in total. The van der Waals surface area contributed by atoms with Gasteiger partial charge in [-0.15, -0.1) is 0 Å². The first-order chi connectivity index (χ1) is 5.05. The van der Waals surface area contributed by atoms with Crippen LogP contribution < -0.4 is 0 Å². The molecule has 0 spiro atoms. The van der Waals surface area contributed by atoms with E-state index in [9.17, 15) is 8.78 Å². The highest BCUT2D eigenvalue weighted by Gasteiger charge is 2.42.